The van der Waals surface area contributed by atoms with E-state index in [0.29, 0.717) is 6.61 Å². The van der Waals surface area contributed by atoms with Crippen LogP contribution < -0.4 is 5.32 Å². The molecule has 0 fully saturated rings. The van der Waals surface area contributed by atoms with Gasteiger partial charge in [-0.05, 0) is 25.1 Å². The summed E-state index contributed by atoms with van der Waals surface area (Å²) >= 11 is 5.37. The van der Waals surface area contributed by atoms with Crippen LogP contribution in [0.1, 0.15) is 39.5 Å². The molecule has 0 radical (unpaired) electrons. The Balaban J connectivity index is 3.88. The summed E-state index contributed by atoms with van der Waals surface area (Å²) in [7, 11) is 1.71. The molecule has 1 N–H and O–H groups in total. The van der Waals surface area contributed by atoms with Crippen molar-refractivity contribution in [3.63, 3.8) is 0 Å². The Bertz CT molecular complexity index is 168. The first-order chi connectivity index (χ1) is 7.76. The second-order valence-corrected chi connectivity index (χ2v) is 4.31. The van der Waals surface area contributed by atoms with E-state index in [1.807, 2.05) is 0 Å². The lowest BCUT2D eigenvalue weighted by atomic mass is 10.3. The van der Waals surface area contributed by atoms with Crippen LogP contribution in [0.25, 0.3) is 0 Å². The van der Waals surface area contributed by atoms with Gasteiger partial charge in [0.1, 0.15) is 0 Å². The van der Waals surface area contributed by atoms with Crippen molar-refractivity contribution in [1.82, 2.24) is 10.2 Å². The Kier molecular flexibility index (Phi) is 10.9. The molecule has 96 valence electrons. The topological polar surface area (TPSA) is 24.5 Å². The van der Waals surface area contributed by atoms with Crippen molar-refractivity contribution in [2.24, 2.45) is 0 Å². The van der Waals surface area contributed by atoms with Gasteiger partial charge in [-0.1, -0.05) is 26.7 Å². The standard InChI is InChI=1S/C12H26N2OS/c1-4-6-9-14(10-7-5-2)12(16)13-8-11-15-3/h4-11H2,1-3H3,(H,13,16). The molecule has 0 aromatic carbocycles. The first-order valence-corrected chi connectivity index (χ1v) is 6.68. The SMILES string of the molecule is CCCCN(CCCC)C(=S)NCCOC. The molecule has 0 atom stereocenters. The van der Waals surface area contributed by atoms with Crippen LogP contribution in [0.4, 0.5) is 0 Å². The fourth-order valence-electron chi connectivity index (χ4n) is 1.38. The number of hydrogen-bond donors (Lipinski definition) is 1. The van der Waals surface area contributed by atoms with Gasteiger partial charge in [0.15, 0.2) is 5.11 Å². The Morgan fingerprint density at radius 3 is 2.19 bits per heavy atom. The summed E-state index contributed by atoms with van der Waals surface area (Å²) in [5.41, 5.74) is 0. The summed E-state index contributed by atoms with van der Waals surface area (Å²) in [6, 6.07) is 0. The van der Waals surface area contributed by atoms with Crippen molar-refractivity contribution in [3.05, 3.63) is 0 Å². The molecule has 4 heteroatoms. The molecule has 0 aromatic heterocycles. The predicted molar refractivity (Wildman–Crippen MR) is 73.9 cm³/mol. The largest absolute Gasteiger partial charge is 0.383 e. The molecule has 0 aromatic rings. The summed E-state index contributed by atoms with van der Waals surface area (Å²) in [4.78, 5) is 2.28. The van der Waals surface area contributed by atoms with Crippen molar-refractivity contribution in [3.8, 4) is 0 Å². The first-order valence-electron chi connectivity index (χ1n) is 6.27. The van der Waals surface area contributed by atoms with E-state index in [9.17, 15) is 0 Å². The van der Waals surface area contributed by atoms with Crippen molar-refractivity contribution in [1.29, 1.82) is 0 Å². The molecule has 0 aliphatic rings. The molecule has 0 bridgehead atoms. The van der Waals surface area contributed by atoms with Crippen molar-refractivity contribution in [2.75, 3.05) is 33.4 Å². The van der Waals surface area contributed by atoms with Gasteiger partial charge in [0.05, 0.1) is 6.61 Å². The molecular formula is C12H26N2OS. The Labute approximate surface area is 106 Å². The van der Waals surface area contributed by atoms with E-state index in [1.165, 1.54) is 25.7 Å². The van der Waals surface area contributed by atoms with Crippen LogP contribution in [0.15, 0.2) is 0 Å². The molecule has 0 amide bonds. The van der Waals surface area contributed by atoms with Crippen LogP contribution in [0.5, 0.6) is 0 Å². The summed E-state index contributed by atoms with van der Waals surface area (Å²) in [5.74, 6) is 0. The highest BCUT2D eigenvalue weighted by Gasteiger charge is 2.07. The normalized spacial score (nSPS) is 10.2. The summed E-state index contributed by atoms with van der Waals surface area (Å²) in [6.07, 6.45) is 4.83. The number of ether oxygens (including phenoxy) is 1. The van der Waals surface area contributed by atoms with E-state index in [1.54, 1.807) is 7.11 Å². The van der Waals surface area contributed by atoms with Gasteiger partial charge < -0.3 is 15.0 Å². The zero-order valence-corrected chi connectivity index (χ0v) is 11.7. The van der Waals surface area contributed by atoms with E-state index in [-0.39, 0.29) is 0 Å². The van der Waals surface area contributed by atoms with Crippen LogP contribution in [0.3, 0.4) is 0 Å². The van der Waals surface area contributed by atoms with Crippen molar-refractivity contribution in [2.45, 2.75) is 39.5 Å². The first kappa shape index (κ1) is 15.7. The number of rotatable bonds is 9. The number of nitrogens with zero attached hydrogens (tertiary/aromatic N) is 1. The van der Waals surface area contributed by atoms with E-state index in [4.69, 9.17) is 17.0 Å². The summed E-state index contributed by atoms with van der Waals surface area (Å²) in [5, 5.41) is 4.11. The quantitative estimate of drug-likeness (QED) is 0.499. The van der Waals surface area contributed by atoms with Gasteiger partial charge in [0.25, 0.3) is 0 Å². The van der Waals surface area contributed by atoms with Gasteiger partial charge in [-0.15, -0.1) is 0 Å². The summed E-state index contributed by atoms with van der Waals surface area (Å²) in [6.45, 7) is 8.04. The lowest BCUT2D eigenvalue weighted by Crippen LogP contribution is -2.42. The van der Waals surface area contributed by atoms with Gasteiger partial charge >= 0.3 is 0 Å². The van der Waals surface area contributed by atoms with Gasteiger partial charge in [0, 0.05) is 26.7 Å². The predicted octanol–water partition coefficient (Wildman–Crippen LogP) is 2.41. The third kappa shape index (κ3) is 7.88. The molecule has 0 saturated carbocycles. The monoisotopic (exact) mass is 246 g/mol. The van der Waals surface area contributed by atoms with Crippen molar-refractivity contribution >= 4 is 17.3 Å². The zero-order chi connectivity index (χ0) is 12.2. The van der Waals surface area contributed by atoms with Crippen LogP contribution >= 0.6 is 12.2 Å². The molecular weight excluding hydrogens is 220 g/mol. The Hall–Kier alpha value is -0.350. The maximum atomic E-state index is 5.37. The Morgan fingerprint density at radius 1 is 1.19 bits per heavy atom. The van der Waals surface area contributed by atoms with E-state index in [2.05, 4.69) is 24.1 Å². The molecule has 16 heavy (non-hydrogen) atoms. The molecule has 0 aliphatic heterocycles. The van der Waals surface area contributed by atoms with Crippen molar-refractivity contribution < 1.29 is 4.74 Å². The highest BCUT2D eigenvalue weighted by atomic mass is 32.1. The third-order valence-corrected chi connectivity index (χ3v) is 2.84. The fraction of sp³-hybridized carbons (Fsp3) is 0.917. The molecule has 0 heterocycles. The van der Waals surface area contributed by atoms with Crippen LogP contribution in [0.2, 0.25) is 0 Å². The molecule has 3 nitrogen and oxygen atoms in total. The number of methoxy groups -OCH3 is 1. The lowest BCUT2D eigenvalue weighted by molar-refractivity contribution is 0.203. The zero-order valence-electron chi connectivity index (χ0n) is 10.9. The Morgan fingerprint density at radius 2 is 1.75 bits per heavy atom. The second-order valence-electron chi connectivity index (χ2n) is 3.92. The number of nitrogens with one attached hydrogen (secondary N) is 1. The van der Waals surface area contributed by atoms with Gasteiger partial charge in [-0.2, -0.15) is 0 Å². The minimum absolute atomic E-state index is 0.704. The number of hydrogen-bond acceptors (Lipinski definition) is 2. The second kappa shape index (κ2) is 11.1. The van der Waals surface area contributed by atoms with Crippen LogP contribution in [-0.4, -0.2) is 43.4 Å². The summed E-state index contributed by atoms with van der Waals surface area (Å²) < 4.78 is 4.99. The molecule has 0 rings (SSSR count). The fourth-order valence-corrected chi connectivity index (χ4v) is 1.67. The molecule has 0 aliphatic carbocycles. The van der Waals surface area contributed by atoms with E-state index in [0.717, 1.165) is 24.7 Å². The van der Waals surface area contributed by atoms with E-state index < -0.39 is 0 Å². The van der Waals surface area contributed by atoms with Gasteiger partial charge in [-0.3, -0.25) is 0 Å². The lowest BCUT2D eigenvalue weighted by Gasteiger charge is -2.25. The van der Waals surface area contributed by atoms with Gasteiger partial charge in [-0.25, -0.2) is 0 Å². The minimum Gasteiger partial charge on any atom is -0.383 e. The third-order valence-electron chi connectivity index (χ3n) is 2.43. The number of unbranched alkanes of at least 4 members (excludes halogenated alkanes) is 2. The average Bonchev–Trinajstić information content (AvgIpc) is 2.29. The molecule has 0 spiro atoms. The molecule has 0 saturated heterocycles. The minimum atomic E-state index is 0.704. The van der Waals surface area contributed by atoms with E-state index >= 15 is 0 Å². The average molecular weight is 246 g/mol. The maximum absolute atomic E-state index is 5.37. The molecule has 0 unspecified atom stereocenters. The van der Waals surface area contributed by atoms with Crippen LogP contribution in [-0.2, 0) is 4.74 Å². The highest BCUT2D eigenvalue weighted by molar-refractivity contribution is 7.80. The maximum Gasteiger partial charge on any atom is 0.169 e. The van der Waals surface area contributed by atoms with Gasteiger partial charge in [0.2, 0.25) is 0 Å². The van der Waals surface area contributed by atoms with Crippen LogP contribution in [0, 0.1) is 0 Å². The highest BCUT2D eigenvalue weighted by Crippen LogP contribution is 1.99. The smallest absolute Gasteiger partial charge is 0.169 e. The number of thiocarbonyl (C=S) groups is 1.